The van der Waals surface area contributed by atoms with Crippen LogP contribution in [0.3, 0.4) is 0 Å². The van der Waals surface area contributed by atoms with Crippen molar-refractivity contribution >= 4 is 35.4 Å². The SMILES string of the molecule is CC(C)CC(=O)N[C@H](C(=O)CC(C)[C@H](N[C@@H](CC(C)C)[C@@H](O)CC(=O)N[C@@H](CO)C(=O)NC(CC(C)C)[C@@H](O)CC(=O)O)C(N)=O)C(C)C. The summed E-state index contributed by atoms with van der Waals surface area (Å²) < 4.78 is 0. The smallest absolute Gasteiger partial charge is 0.306 e. The van der Waals surface area contributed by atoms with Crippen LogP contribution in [0.15, 0.2) is 0 Å². The maximum Gasteiger partial charge on any atom is 0.306 e. The second-order valence-electron chi connectivity index (χ2n) is 14.8. The molecule has 10 N–H and O–H groups in total. The number of nitrogens with one attached hydrogen (secondary N) is 4. The number of amides is 4. The lowest BCUT2D eigenvalue weighted by Crippen LogP contribution is -2.57. The highest BCUT2D eigenvalue weighted by Gasteiger charge is 2.35. The first-order chi connectivity index (χ1) is 22.6. The van der Waals surface area contributed by atoms with Gasteiger partial charge in [-0.3, -0.25) is 28.8 Å². The Morgan fingerprint density at radius 3 is 1.59 bits per heavy atom. The van der Waals surface area contributed by atoms with Gasteiger partial charge in [0.1, 0.15) is 6.04 Å². The molecule has 2 unspecified atom stereocenters. The highest BCUT2D eigenvalue weighted by molar-refractivity contribution is 5.90. The van der Waals surface area contributed by atoms with Crippen molar-refractivity contribution in [2.24, 2.45) is 35.3 Å². The summed E-state index contributed by atoms with van der Waals surface area (Å²) in [4.78, 5) is 75.3. The van der Waals surface area contributed by atoms with E-state index < -0.39 is 91.5 Å². The van der Waals surface area contributed by atoms with Crippen LogP contribution in [0.4, 0.5) is 0 Å². The van der Waals surface area contributed by atoms with Gasteiger partial charge in [-0.1, -0.05) is 62.3 Å². The van der Waals surface area contributed by atoms with Crippen LogP contribution in [0.2, 0.25) is 0 Å². The molecule has 0 aliphatic heterocycles. The molecule has 0 spiro atoms. The highest BCUT2D eigenvalue weighted by atomic mass is 16.4. The number of primary amides is 1. The Balaban J connectivity index is 5.74. The molecule has 0 aliphatic rings. The first-order valence-electron chi connectivity index (χ1n) is 17.2. The van der Waals surface area contributed by atoms with E-state index in [4.69, 9.17) is 10.8 Å². The van der Waals surface area contributed by atoms with Crippen LogP contribution < -0.4 is 27.0 Å². The predicted octanol–water partition coefficient (Wildman–Crippen LogP) is 0.221. The van der Waals surface area contributed by atoms with Gasteiger partial charge in [0.15, 0.2) is 5.78 Å². The standard InChI is InChI=1S/C34H63N5O10/c1-17(2)10-22(37-32(33(35)48)21(9)13-27(43)31(20(7)8)39-28(44)12-19(5)6)25(41)14-29(45)36-24(16-40)34(49)38-23(11-18(3)4)26(42)15-30(46)47/h17-26,31-32,37,40-42H,10-16H2,1-9H3,(H2,35,48)(H,36,45)(H,38,49)(H,39,44)(H,46,47)/t21?,22-,23?,24-,25-,26-,31-,32-/m0/s1. The van der Waals surface area contributed by atoms with Crippen LogP contribution in [-0.4, -0.2) is 105 Å². The van der Waals surface area contributed by atoms with E-state index in [2.05, 4.69) is 21.3 Å². The van der Waals surface area contributed by atoms with Gasteiger partial charge in [-0.2, -0.15) is 0 Å². The zero-order valence-electron chi connectivity index (χ0n) is 30.7. The second kappa shape index (κ2) is 22.6. The van der Waals surface area contributed by atoms with Crippen LogP contribution in [0.25, 0.3) is 0 Å². The van der Waals surface area contributed by atoms with Crippen molar-refractivity contribution in [1.82, 2.24) is 21.3 Å². The number of carbonyl (C=O) groups is 6. The number of hydrogen-bond acceptors (Lipinski definition) is 10. The van der Waals surface area contributed by atoms with Crippen molar-refractivity contribution in [3.8, 4) is 0 Å². The van der Waals surface area contributed by atoms with Crippen LogP contribution in [0.1, 0.15) is 101 Å². The van der Waals surface area contributed by atoms with Gasteiger partial charge in [-0.15, -0.1) is 0 Å². The molecule has 0 aliphatic carbocycles. The monoisotopic (exact) mass is 701 g/mol. The fraction of sp³-hybridized carbons (Fsp3) is 0.824. The number of Topliss-reactive ketones (excluding diaryl/α,β-unsaturated/α-hetero) is 1. The number of carbonyl (C=O) groups excluding carboxylic acids is 5. The molecule has 4 amide bonds. The Morgan fingerprint density at radius 1 is 0.633 bits per heavy atom. The molecule has 0 aromatic rings. The quantitative estimate of drug-likeness (QED) is 0.0622. The minimum atomic E-state index is -1.46. The molecule has 0 fully saturated rings. The Bertz CT molecular complexity index is 1080. The van der Waals surface area contributed by atoms with E-state index in [0.29, 0.717) is 6.42 Å². The average molecular weight is 702 g/mol. The summed E-state index contributed by atoms with van der Waals surface area (Å²) in [7, 11) is 0. The first kappa shape index (κ1) is 45.9. The normalized spacial score (nSPS) is 16.7. The molecule has 0 rings (SSSR count). The fourth-order valence-electron chi connectivity index (χ4n) is 5.59. The first-order valence-corrected chi connectivity index (χ1v) is 17.2. The van der Waals surface area contributed by atoms with E-state index in [1.54, 1.807) is 6.92 Å². The Morgan fingerprint density at radius 2 is 1.14 bits per heavy atom. The molecular formula is C34H63N5O10. The lowest BCUT2D eigenvalue weighted by molar-refractivity contribution is -0.140. The van der Waals surface area contributed by atoms with Gasteiger partial charge in [-0.05, 0) is 42.4 Å². The number of aliphatic hydroxyl groups is 3. The molecule has 0 saturated carbocycles. The number of rotatable bonds is 25. The summed E-state index contributed by atoms with van der Waals surface area (Å²) in [6, 6.07) is -5.08. The number of ketones is 1. The van der Waals surface area contributed by atoms with E-state index in [-0.39, 0.29) is 54.6 Å². The van der Waals surface area contributed by atoms with Gasteiger partial charge in [0, 0.05) is 18.9 Å². The van der Waals surface area contributed by atoms with E-state index in [1.807, 2.05) is 55.4 Å². The van der Waals surface area contributed by atoms with Gasteiger partial charge >= 0.3 is 5.97 Å². The molecule has 0 aromatic heterocycles. The number of hydrogen-bond donors (Lipinski definition) is 9. The number of nitrogens with two attached hydrogens (primary N) is 1. The van der Waals surface area contributed by atoms with Crippen LogP contribution in [0, 0.1) is 29.6 Å². The maximum atomic E-state index is 13.3. The van der Waals surface area contributed by atoms with Gasteiger partial charge in [0.2, 0.25) is 23.6 Å². The summed E-state index contributed by atoms with van der Waals surface area (Å²) in [6.45, 7) is 15.6. The molecule has 0 saturated heterocycles. The minimum absolute atomic E-state index is 0.00624. The summed E-state index contributed by atoms with van der Waals surface area (Å²) >= 11 is 0. The fourth-order valence-corrected chi connectivity index (χ4v) is 5.59. The van der Waals surface area contributed by atoms with Gasteiger partial charge in [0.25, 0.3) is 0 Å². The van der Waals surface area contributed by atoms with Crippen LogP contribution in [0.5, 0.6) is 0 Å². The van der Waals surface area contributed by atoms with E-state index in [0.717, 1.165) is 0 Å². The number of carboxylic acids is 1. The largest absolute Gasteiger partial charge is 0.481 e. The molecule has 15 nitrogen and oxygen atoms in total. The minimum Gasteiger partial charge on any atom is -0.481 e. The van der Waals surface area contributed by atoms with Crippen molar-refractivity contribution in [2.45, 2.75) is 143 Å². The number of carboxylic acid groups (broad SMARTS) is 1. The molecule has 0 bridgehead atoms. The lowest BCUT2D eigenvalue weighted by atomic mass is 9.87. The third-order valence-electron chi connectivity index (χ3n) is 8.04. The Kier molecular flexibility index (Phi) is 21.1. The average Bonchev–Trinajstić information content (AvgIpc) is 2.94. The lowest BCUT2D eigenvalue weighted by Gasteiger charge is -2.32. The third kappa shape index (κ3) is 18.4. The van der Waals surface area contributed by atoms with Crippen molar-refractivity contribution in [1.29, 1.82) is 0 Å². The maximum absolute atomic E-state index is 13.3. The van der Waals surface area contributed by atoms with Crippen LogP contribution >= 0.6 is 0 Å². The van der Waals surface area contributed by atoms with Gasteiger partial charge < -0.3 is 47.4 Å². The molecule has 49 heavy (non-hydrogen) atoms. The summed E-state index contributed by atoms with van der Waals surface area (Å²) in [5, 5.41) is 51.1. The summed E-state index contributed by atoms with van der Waals surface area (Å²) in [6.07, 6.45) is -3.21. The van der Waals surface area contributed by atoms with Gasteiger partial charge in [0.05, 0.1) is 49.8 Å². The summed E-state index contributed by atoms with van der Waals surface area (Å²) in [5.41, 5.74) is 5.73. The number of aliphatic carboxylic acids is 1. The second-order valence-corrected chi connectivity index (χ2v) is 14.8. The zero-order chi connectivity index (χ0) is 38.2. The molecule has 8 atom stereocenters. The molecule has 0 radical (unpaired) electrons. The Labute approximate surface area is 290 Å². The third-order valence-corrected chi connectivity index (χ3v) is 8.04. The molecule has 284 valence electrons. The molecular weight excluding hydrogens is 638 g/mol. The molecule has 0 aromatic carbocycles. The zero-order valence-corrected chi connectivity index (χ0v) is 30.7. The van der Waals surface area contributed by atoms with E-state index in [1.165, 1.54) is 0 Å². The van der Waals surface area contributed by atoms with Crippen molar-refractivity contribution < 1.29 is 49.2 Å². The Hall–Kier alpha value is -3.14. The summed E-state index contributed by atoms with van der Waals surface area (Å²) in [5.74, 6) is -4.94. The molecule has 0 heterocycles. The van der Waals surface area contributed by atoms with Crippen molar-refractivity contribution in [2.75, 3.05) is 6.61 Å². The number of aliphatic hydroxyl groups excluding tert-OH is 3. The van der Waals surface area contributed by atoms with Crippen molar-refractivity contribution in [3.63, 3.8) is 0 Å². The molecule has 15 heteroatoms. The van der Waals surface area contributed by atoms with E-state index in [9.17, 15) is 44.1 Å². The predicted molar refractivity (Wildman–Crippen MR) is 184 cm³/mol. The van der Waals surface area contributed by atoms with Crippen molar-refractivity contribution in [3.05, 3.63) is 0 Å². The highest BCUT2D eigenvalue weighted by Crippen LogP contribution is 2.19. The van der Waals surface area contributed by atoms with Crippen LogP contribution in [-0.2, 0) is 28.8 Å². The van der Waals surface area contributed by atoms with E-state index >= 15 is 0 Å². The van der Waals surface area contributed by atoms with Gasteiger partial charge in [-0.25, -0.2) is 0 Å². The topological polar surface area (TPSA) is 257 Å².